The minimum Gasteiger partial charge on any atom is -0.467 e. The van der Waals surface area contributed by atoms with Crippen LogP contribution in [0.2, 0.25) is 0 Å². The molecule has 0 radical (unpaired) electrons. The van der Waals surface area contributed by atoms with E-state index in [2.05, 4.69) is 20.0 Å². The van der Waals surface area contributed by atoms with Gasteiger partial charge in [0.25, 0.3) is 0 Å². The number of rotatable bonds is 4. The molecule has 0 aliphatic carbocycles. The normalized spacial score (nSPS) is 12.1. The van der Waals surface area contributed by atoms with Crippen LogP contribution in [0.1, 0.15) is 12.5 Å². The molecular weight excluding hydrogens is 284 g/mol. The number of fused-ring (bicyclic) bond motifs is 1. The summed E-state index contributed by atoms with van der Waals surface area (Å²) in [5.41, 5.74) is 0.826. The molecule has 0 saturated carbocycles. The molecule has 0 aromatic heterocycles. The van der Waals surface area contributed by atoms with E-state index in [0.29, 0.717) is 0 Å². The Hall–Kier alpha value is -2.89. The highest BCUT2D eigenvalue weighted by Crippen LogP contribution is 2.16. The monoisotopic (exact) mass is 300 g/mol. The van der Waals surface area contributed by atoms with Crippen LogP contribution in [-0.2, 0) is 14.4 Å². The van der Waals surface area contributed by atoms with Gasteiger partial charge in [-0.1, -0.05) is 47.6 Å². The predicted octanol–water partition coefficient (Wildman–Crippen LogP) is 2.46. The van der Waals surface area contributed by atoms with E-state index in [9.17, 15) is 9.59 Å². The standard InChI is InChI=1S/C16H16N2O4/c1-11(15(19)21-2)18-16(20)22-17-10-13-8-5-7-12-6-3-4-9-14(12)13/h3-11H,1-2H3,(H,18,20)/b17-10+. The Bertz CT molecular complexity index is 707. The lowest BCUT2D eigenvalue weighted by Crippen LogP contribution is -2.38. The van der Waals surface area contributed by atoms with Crippen molar-refractivity contribution in [2.45, 2.75) is 13.0 Å². The summed E-state index contributed by atoms with van der Waals surface area (Å²) in [4.78, 5) is 27.3. The van der Waals surface area contributed by atoms with Gasteiger partial charge in [0.05, 0.1) is 13.3 Å². The van der Waals surface area contributed by atoms with Crippen molar-refractivity contribution in [1.29, 1.82) is 0 Å². The van der Waals surface area contributed by atoms with Crippen LogP contribution in [0.15, 0.2) is 47.6 Å². The molecule has 0 bridgehead atoms. The highest BCUT2D eigenvalue weighted by molar-refractivity contribution is 5.99. The van der Waals surface area contributed by atoms with Crippen molar-refractivity contribution in [2.24, 2.45) is 5.16 Å². The molecule has 6 nitrogen and oxygen atoms in total. The molecule has 0 spiro atoms. The molecule has 6 heteroatoms. The largest absolute Gasteiger partial charge is 0.467 e. The smallest absolute Gasteiger partial charge is 0.434 e. The van der Waals surface area contributed by atoms with Crippen molar-refractivity contribution in [2.75, 3.05) is 7.11 Å². The van der Waals surface area contributed by atoms with Gasteiger partial charge in [-0.25, -0.2) is 9.59 Å². The number of carbonyl (C=O) groups excluding carboxylic acids is 2. The van der Waals surface area contributed by atoms with Crippen molar-refractivity contribution in [1.82, 2.24) is 5.32 Å². The first kappa shape index (κ1) is 15.5. The number of nitrogens with zero attached hydrogens (tertiary/aromatic N) is 1. The van der Waals surface area contributed by atoms with Crippen LogP contribution < -0.4 is 5.32 Å². The van der Waals surface area contributed by atoms with Crippen molar-refractivity contribution >= 4 is 29.0 Å². The first-order chi connectivity index (χ1) is 10.6. The van der Waals surface area contributed by atoms with Gasteiger partial charge in [-0.15, -0.1) is 0 Å². The Morgan fingerprint density at radius 1 is 1.18 bits per heavy atom. The van der Waals surface area contributed by atoms with Crippen LogP contribution in [0.25, 0.3) is 10.8 Å². The summed E-state index contributed by atoms with van der Waals surface area (Å²) in [6.07, 6.45) is 0.624. The molecule has 0 aliphatic rings. The van der Waals surface area contributed by atoms with Crippen molar-refractivity contribution in [3.63, 3.8) is 0 Å². The topological polar surface area (TPSA) is 77.0 Å². The fraction of sp³-hybridized carbons (Fsp3) is 0.188. The van der Waals surface area contributed by atoms with Crippen molar-refractivity contribution < 1.29 is 19.2 Å². The molecule has 0 fully saturated rings. The third-order valence-corrected chi connectivity index (χ3v) is 3.04. The molecule has 2 aromatic rings. The van der Waals surface area contributed by atoms with Gasteiger partial charge >= 0.3 is 12.1 Å². The maximum absolute atomic E-state index is 11.5. The second-order valence-corrected chi connectivity index (χ2v) is 4.57. The van der Waals surface area contributed by atoms with E-state index < -0.39 is 18.1 Å². The predicted molar refractivity (Wildman–Crippen MR) is 82.6 cm³/mol. The van der Waals surface area contributed by atoms with E-state index in [-0.39, 0.29) is 0 Å². The van der Waals surface area contributed by atoms with E-state index in [0.717, 1.165) is 16.3 Å². The van der Waals surface area contributed by atoms with Crippen LogP contribution in [-0.4, -0.2) is 31.4 Å². The Morgan fingerprint density at radius 2 is 1.91 bits per heavy atom. The third-order valence-electron chi connectivity index (χ3n) is 3.04. The number of esters is 1. The molecule has 0 saturated heterocycles. The third kappa shape index (κ3) is 3.82. The number of hydrogen-bond acceptors (Lipinski definition) is 5. The summed E-state index contributed by atoms with van der Waals surface area (Å²) in [7, 11) is 1.24. The summed E-state index contributed by atoms with van der Waals surface area (Å²) in [6, 6.07) is 12.7. The number of hydrogen-bond donors (Lipinski definition) is 1. The number of ether oxygens (including phenoxy) is 1. The molecule has 0 aliphatic heterocycles. The lowest BCUT2D eigenvalue weighted by molar-refractivity contribution is -0.142. The lowest BCUT2D eigenvalue weighted by Gasteiger charge is -2.09. The van der Waals surface area contributed by atoms with E-state index in [1.54, 1.807) is 0 Å². The van der Waals surface area contributed by atoms with Crippen LogP contribution in [0.3, 0.4) is 0 Å². The Labute approximate surface area is 127 Å². The van der Waals surface area contributed by atoms with Crippen molar-refractivity contribution in [3.8, 4) is 0 Å². The zero-order valence-corrected chi connectivity index (χ0v) is 12.3. The van der Waals surface area contributed by atoms with Crippen LogP contribution >= 0.6 is 0 Å². The van der Waals surface area contributed by atoms with Crippen LogP contribution in [0.4, 0.5) is 4.79 Å². The average molecular weight is 300 g/mol. The highest BCUT2D eigenvalue weighted by Gasteiger charge is 2.16. The van der Waals surface area contributed by atoms with Gasteiger partial charge in [0.15, 0.2) is 0 Å². The summed E-state index contributed by atoms with van der Waals surface area (Å²) in [5, 5.41) is 8.01. The molecule has 2 rings (SSSR count). The molecule has 0 heterocycles. The summed E-state index contributed by atoms with van der Waals surface area (Å²) in [5.74, 6) is -0.560. The van der Waals surface area contributed by atoms with Gasteiger partial charge in [0.1, 0.15) is 6.04 Å². The summed E-state index contributed by atoms with van der Waals surface area (Å²) >= 11 is 0. The quantitative estimate of drug-likeness (QED) is 0.407. The van der Waals surface area contributed by atoms with Crippen LogP contribution in [0, 0.1) is 0 Å². The number of methoxy groups -OCH3 is 1. The number of nitrogens with one attached hydrogen (secondary N) is 1. The molecule has 1 unspecified atom stereocenters. The molecule has 22 heavy (non-hydrogen) atoms. The fourth-order valence-corrected chi connectivity index (χ4v) is 1.93. The van der Waals surface area contributed by atoms with E-state index >= 15 is 0 Å². The van der Waals surface area contributed by atoms with E-state index in [1.807, 2.05) is 42.5 Å². The zero-order valence-electron chi connectivity index (χ0n) is 12.3. The minimum atomic E-state index is -0.825. The molecule has 1 atom stereocenters. The van der Waals surface area contributed by atoms with Gasteiger partial charge in [0.2, 0.25) is 0 Å². The Kier molecular flexibility index (Phi) is 5.08. The first-order valence-corrected chi connectivity index (χ1v) is 6.68. The Balaban J connectivity index is 2.00. The Morgan fingerprint density at radius 3 is 2.68 bits per heavy atom. The fourth-order valence-electron chi connectivity index (χ4n) is 1.93. The first-order valence-electron chi connectivity index (χ1n) is 6.68. The van der Waals surface area contributed by atoms with Gasteiger partial charge in [-0.3, -0.25) is 4.84 Å². The highest BCUT2D eigenvalue weighted by atomic mass is 16.7. The van der Waals surface area contributed by atoms with Crippen molar-refractivity contribution in [3.05, 3.63) is 48.0 Å². The van der Waals surface area contributed by atoms with Gasteiger partial charge < -0.3 is 10.1 Å². The zero-order chi connectivity index (χ0) is 15.9. The number of carbonyl (C=O) groups is 2. The minimum absolute atomic E-state index is 0.560. The maximum atomic E-state index is 11.5. The van der Waals surface area contributed by atoms with E-state index in [1.165, 1.54) is 20.2 Å². The number of oxime groups is 1. The molecule has 114 valence electrons. The molecule has 1 N–H and O–H groups in total. The average Bonchev–Trinajstić information content (AvgIpc) is 2.54. The molecule has 2 aromatic carbocycles. The molecule has 1 amide bonds. The second-order valence-electron chi connectivity index (χ2n) is 4.57. The van der Waals surface area contributed by atoms with Gasteiger partial charge in [-0.2, -0.15) is 0 Å². The maximum Gasteiger partial charge on any atom is 0.434 e. The number of amides is 1. The lowest BCUT2D eigenvalue weighted by atomic mass is 10.1. The van der Waals surface area contributed by atoms with Gasteiger partial charge in [-0.05, 0) is 17.7 Å². The summed E-state index contributed by atoms with van der Waals surface area (Å²) in [6.45, 7) is 1.49. The second kappa shape index (κ2) is 7.21. The van der Waals surface area contributed by atoms with Gasteiger partial charge in [0, 0.05) is 5.56 Å². The number of benzene rings is 2. The molecular formula is C16H16N2O4. The summed E-state index contributed by atoms with van der Waals surface area (Å²) < 4.78 is 4.49. The van der Waals surface area contributed by atoms with Crippen LogP contribution in [0.5, 0.6) is 0 Å². The van der Waals surface area contributed by atoms with E-state index in [4.69, 9.17) is 0 Å². The SMILES string of the molecule is COC(=O)C(C)NC(=O)O/N=C/c1cccc2ccccc12.